The maximum atomic E-state index is 12.2. The van der Waals surface area contributed by atoms with Crippen LogP contribution in [0.5, 0.6) is 0 Å². The minimum Gasteiger partial charge on any atom is -0.420 e. The molecular formula is C16H21N3O2S. The first-order chi connectivity index (χ1) is 10.6. The van der Waals surface area contributed by atoms with Crippen LogP contribution in [0.1, 0.15) is 44.9 Å². The molecule has 6 heteroatoms. The summed E-state index contributed by atoms with van der Waals surface area (Å²) in [7, 11) is 0. The summed E-state index contributed by atoms with van der Waals surface area (Å²) in [4.78, 5) is 14.2. The molecule has 5 nitrogen and oxygen atoms in total. The Morgan fingerprint density at radius 1 is 1.50 bits per heavy atom. The second-order valence-corrected chi connectivity index (χ2v) is 7.01. The largest absolute Gasteiger partial charge is 0.420 e. The first kappa shape index (κ1) is 15.2. The van der Waals surface area contributed by atoms with Gasteiger partial charge in [-0.25, -0.2) is 0 Å². The third-order valence-corrected chi connectivity index (χ3v) is 4.60. The van der Waals surface area contributed by atoms with E-state index in [1.54, 1.807) is 11.3 Å². The topological polar surface area (TPSA) is 59.2 Å². The Balaban J connectivity index is 1.68. The Hall–Kier alpha value is -1.69. The number of nitrogens with zero attached hydrogens (tertiary/aromatic N) is 3. The van der Waals surface area contributed by atoms with E-state index in [4.69, 9.17) is 4.42 Å². The van der Waals surface area contributed by atoms with Gasteiger partial charge < -0.3 is 9.32 Å². The number of carbonyl (C=O) groups is 1. The monoisotopic (exact) mass is 319 g/mol. The number of likely N-dealkylation sites (tertiary alicyclic amines) is 1. The maximum absolute atomic E-state index is 12.2. The average Bonchev–Trinajstić information content (AvgIpc) is 3.18. The molecule has 1 aliphatic heterocycles. The van der Waals surface area contributed by atoms with Gasteiger partial charge in [0.25, 0.3) is 0 Å². The molecule has 1 saturated heterocycles. The predicted molar refractivity (Wildman–Crippen MR) is 85.6 cm³/mol. The maximum Gasteiger partial charge on any atom is 0.248 e. The minimum absolute atomic E-state index is 0.157. The van der Waals surface area contributed by atoms with Gasteiger partial charge in [-0.15, -0.1) is 10.2 Å². The number of hydrogen-bond donors (Lipinski definition) is 0. The van der Waals surface area contributed by atoms with E-state index in [0.29, 0.717) is 30.7 Å². The lowest BCUT2D eigenvalue weighted by Gasteiger charge is -2.31. The Morgan fingerprint density at radius 3 is 3.09 bits per heavy atom. The lowest BCUT2D eigenvalue weighted by atomic mass is 9.97. The summed E-state index contributed by atoms with van der Waals surface area (Å²) in [5.41, 5.74) is 0.965. The average molecular weight is 319 g/mol. The van der Waals surface area contributed by atoms with Crippen molar-refractivity contribution >= 4 is 17.2 Å². The number of rotatable bonds is 4. The highest BCUT2D eigenvalue weighted by atomic mass is 32.1. The van der Waals surface area contributed by atoms with Crippen LogP contribution >= 0.6 is 11.3 Å². The molecule has 0 radical (unpaired) electrons. The third-order valence-electron chi connectivity index (χ3n) is 3.91. The van der Waals surface area contributed by atoms with Gasteiger partial charge in [0.15, 0.2) is 0 Å². The summed E-state index contributed by atoms with van der Waals surface area (Å²) in [5.74, 6) is 2.01. The van der Waals surface area contributed by atoms with E-state index in [9.17, 15) is 4.79 Å². The van der Waals surface area contributed by atoms with Crippen molar-refractivity contribution in [3.05, 3.63) is 22.7 Å². The highest BCUT2D eigenvalue weighted by Gasteiger charge is 2.28. The molecule has 0 spiro atoms. The summed E-state index contributed by atoms with van der Waals surface area (Å²) < 4.78 is 5.82. The van der Waals surface area contributed by atoms with Crippen molar-refractivity contribution in [1.82, 2.24) is 15.1 Å². The Kier molecular flexibility index (Phi) is 4.57. The number of hydrogen-bond acceptors (Lipinski definition) is 5. The molecule has 0 aliphatic carbocycles. The Morgan fingerprint density at radius 2 is 2.36 bits per heavy atom. The summed E-state index contributed by atoms with van der Waals surface area (Å²) in [6.45, 7) is 5.68. The van der Waals surface area contributed by atoms with Gasteiger partial charge in [0.05, 0.1) is 5.92 Å². The van der Waals surface area contributed by atoms with Crippen LogP contribution in [0.4, 0.5) is 0 Å². The van der Waals surface area contributed by atoms with Gasteiger partial charge in [-0.3, -0.25) is 4.79 Å². The molecule has 118 valence electrons. The number of thiophene rings is 1. The molecule has 0 bridgehead atoms. The van der Waals surface area contributed by atoms with E-state index in [0.717, 1.165) is 24.9 Å². The van der Waals surface area contributed by atoms with Crippen LogP contribution in [-0.2, 0) is 4.79 Å². The zero-order chi connectivity index (χ0) is 15.5. The molecule has 1 unspecified atom stereocenters. The third kappa shape index (κ3) is 3.38. The van der Waals surface area contributed by atoms with Gasteiger partial charge in [-0.1, -0.05) is 13.8 Å². The van der Waals surface area contributed by atoms with Crippen LogP contribution < -0.4 is 0 Å². The normalized spacial score (nSPS) is 18.9. The molecule has 1 atom stereocenters. The number of piperidine rings is 1. The summed E-state index contributed by atoms with van der Waals surface area (Å²) >= 11 is 1.61. The Bertz CT molecular complexity index is 621. The number of carbonyl (C=O) groups excluding carboxylic acids is 1. The molecule has 0 N–H and O–H groups in total. The Labute approximate surface area is 134 Å². The van der Waals surface area contributed by atoms with Gasteiger partial charge in [0.2, 0.25) is 17.7 Å². The predicted octanol–water partition coefficient (Wildman–Crippen LogP) is 3.55. The van der Waals surface area contributed by atoms with Crippen LogP contribution in [0.25, 0.3) is 11.5 Å². The first-order valence-corrected chi connectivity index (χ1v) is 8.71. The molecule has 22 heavy (non-hydrogen) atoms. The van der Waals surface area contributed by atoms with E-state index >= 15 is 0 Å². The molecule has 2 aromatic heterocycles. The van der Waals surface area contributed by atoms with Crippen LogP contribution in [0.3, 0.4) is 0 Å². The second kappa shape index (κ2) is 6.60. The molecule has 2 aromatic rings. The fourth-order valence-corrected chi connectivity index (χ4v) is 3.42. The summed E-state index contributed by atoms with van der Waals surface area (Å²) in [6.07, 6.45) is 2.60. The lowest BCUT2D eigenvalue weighted by molar-refractivity contribution is -0.133. The zero-order valence-corrected chi connectivity index (χ0v) is 13.8. The van der Waals surface area contributed by atoms with Crippen molar-refractivity contribution in [2.24, 2.45) is 5.92 Å². The van der Waals surface area contributed by atoms with Gasteiger partial charge >= 0.3 is 0 Å². The van der Waals surface area contributed by atoms with Crippen molar-refractivity contribution in [1.29, 1.82) is 0 Å². The van der Waals surface area contributed by atoms with Crippen LogP contribution in [0, 0.1) is 5.92 Å². The van der Waals surface area contributed by atoms with Crippen LogP contribution in [0.2, 0.25) is 0 Å². The van der Waals surface area contributed by atoms with E-state index in [1.165, 1.54) is 0 Å². The van der Waals surface area contributed by atoms with Crippen molar-refractivity contribution < 1.29 is 9.21 Å². The van der Waals surface area contributed by atoms with Gasteiger partial charge in [-0.2, -0.15) is 11.3 Å². The molecule has 1 amide bonds. The van der Waals surface area contributed by atoms with Crippen molar-refractivity contribution in [2.45, 2.75) is 39.0 Å². The number of amides is 1. The van der Waals surface area contributed by atoms with E-state index in [2.05, 4.69) is 24.0 Å². The minimum atomic E-state index is 0.157. The fourth-order valence-electron chi connectivity index (χ4n) is 2.79. The molecule has 1 aliphatic rings. The second-order valence-electron chi connectivity index (χ2n) is 6.23. The quantitative estimate of drug-likeness (QED) is 0.864. The molecule has 3 heterocycles. The van der Waals surface area contributed by atoms with Gasteiger partial charge in [-0.05, 0) is 30.2 Å². The lowest BCUT2D eigenvalue weighted by Crippen LogP contribution is -2.39. The fraction of sp³-hybridized carbons (Fsp3) is 0.562. The molecule has 3 rings (SSSR count). The van der Waals surface area contributed by atoms with E-state index in [1.807, 2.05) is 21.7 Å². The highest BCUT2D eigenvalue weighted by molar-refractivity contribution is 7.08. The molecule has 0 saturated carbocycles. The van der Waals surface area contributed by atoms with Crippen molar-refractivity contribution in [2.75, 3.05) is 13.1 Å². The zero-order valence-electron chi connectivity index (χ0n) is 13.0. The number of aromatic nitrogens is 2. The van der Waals surface area contributed by atoms with Crippen molar-refractivity contribution in [3.8, 4) is 11.5 Å². The van der Waals surface area contributed by atoms with Crippen LogP contribution in [-0.4, -0.2) is 34.1 Å². The van der Waals surface area contributed by atoms with Gasteiger partial charge in [0, 0.05) is 30.5 Å². The van der Waals surface area contributed by atoms with E-state index < -0.39 is 0 Å². The molecular weight excluding hydrogens is 298 g/mol. The van der Waals surface area contributed by atoms with Gasteiger partial charge in [0.1, 0.15) is 0 Å². The van der Waals surface area contributed by atoms with Crippen molar-refractivity contribution in [3.63, 3.8) is 0 Å². The highest BCUT2D eigenvalue weighted by Crippen LogP contribution is 2.29. The molecule has 1 fully saturated rings. The first-order valence-electron chi connectivity index (χ1n) is 7.77. The van der Waals surface area contributed by atoms with Crippen LogP contribution in [0.15, 0.2) is 21.2 Å². The summed E-state index contributed by atoms with van der Waals surface area (Å²) in [5, 5.41) is 12.3. The van der Waals surface area contributed by atoms with E-state index in [-0.39, 0.29) is 11.8 Å². The standard InChI is InChI=1S/C16H21N3O2S/c1-11(2)8-14(20)19-6-3-4-12(9-19)15-17-18-16(21-15)13-5-7-22-10-13/h5,7,10-12H,3-4,6,8-9H2,1-2H3. The molecule has 0 aromatic carbocycles. The summed E-state index contributed by atoms with van der Waals surface area (Å²) in [6, 6.07) is 1.97. The SMILES string of the molecule is CC(C)CC(=O)N1CCCC(c2nnc(-c3ccsc3)o2)C1. The smallest absolute Gasteiger partial charge is 0.248 e.